The molecule has 3 aromatic rings. The Morgan fingerprint density at radius 2 is 1.13 bits per heavy atom. The summed E-state index contributed by atoms with van der Waals surface area (Å²) in [6, 6.07) is 28.7. The standard InChI is InChI=1S/C34H38O5/c1-35-24-28-15-18-30-31(37-21-25-9-5-3-6-10-25)19-20-32(38-22-27-13-16-29(36-2)17-14-27)33(30)34(28)39-23-26-11-7-4-8-12-26/h3-20,28,30-34H,21-24H2,1-2H3/t28-,30-,31?,32-,33-,34+/m1/s1. The molecule has 1 unspecified atom stereocenters. The first-order valence-corrected chi connectivity index (χ1v) is 13.7. The van der Waals surface area contributed by atoms with Gasteiger partial charge in [-0.3, -0.25) is 0 Å². The van der Waals surface area contributed by atoms with E-state index < -0.39 is 0 Å². The van der Waals surface area contributed by atoms with Gasteiger partial charge in [0.25, 0.3) is 0 Å². The molecule has 6 atom stereocenters. The summed E-state index contributed by atoms with van der Waals surface area (Å²) in [5.74, 6) is 1.15. The molecule has 2 aliphatic rings. The Hall–Kier alpha value is -3.22. The molecule has 0 aromatic heterocycles. The van der Waals surface area contributed by atoms with E-state index in [-0.39, 0.29) is 36.1 Å². The fourth-order valence-electron chi connectivity index (χ4n) is 5.58. The highest BCUT2D eigenvalue weighted by molar-refractivity contribution is 5.27. The Morgan fingerprint density at radius 1 is 0.564 bits per heavy atom. The number of methoxy groups -OCH3 is 2. The van der Waals surface area contributed by atoms with Crippen molar-refractivity contribution in [2.75, 3.05) is 20.8 Å². The molecular weight excluding hydrogens is 488 g/mol. The quantitative estimate of drug-likeness (QED) is 0.256. The molecule has 0 N–H and O–H groups in total. The summed E-state index contributed by atoms with van der Waals surface area (Å²) in [5, 5.41) is 0. The third-order valence-corrected chi connectivity index (χ3v) is 7.61. The van der Waals surface area contributed by atoms with Gasteiger partial charge in [0.2, 0.25) is 0 Å². The van der Waals surface area contributed by atoms with E-state index in [0.717, 1.165) is 22.4 Å². The molecule has 5 nitrogen and oxygen atoms in total. The minimum atomic E-state index is -0.126. The second kappa shape index (κ2) is 13.7. The van der Waals surface area contributed by atoms with Crippen molar-refractivity contribution in [2.24, 2.45) is 17.8 Å². The van der Waals surface area contributed by atoms with Gasteiger partial charge >= 0.3 is 0 Å². The van der Waals surface area contributed by atoms with E-state index in [1.807, 2.05) is 60.7 Å². The first-order valence-electron chi connectivity index (χ1n) is 13.7. The molecule has 5 heteroatoms. The smallest absolute Gasteiger partial charge is 0.118 e. The Morgan fingerprint density at radius 3 is 1.74 bits per heavy atom. The zero-order valence-corrected chi connectivity index (χ0v) is 22.7. The molecule has 204 valence electrons. The lowest BCUT2D eigenvalue weighted by Crippen LogP contribution is -2.51. The van der Waals surface area contributed by atoms with Crippen molar-refractivity contribution in [2.45, 2.75) is 38.1 Å². The summed E-state index contributed by atoms with van der Waals surface area (Å²) < 4.78 is 30.7. The number of hydrogen-bond acceptors (Lipinski definition) is 5. The second-order valence-electron chi connectivity index (χ2n) is 10.2. The monoisotopic (exact) mass is 526 g/mol. The van der Waals surface area contributed by atoms with E-state index in [2.05, 4.69) is 48.6 Å². The Labute approximate surface area is 232 Å². The Balaban J connectivity index is 1.38. The van der Waals surface area contributed by atoms with Gasteiger partial charge in [-0.05, 0) is 28.8 Å². The highest BCUT2D eigenvalue weighted by Gasteiger charge is 2.46. The van der Waals surface area contributed by atoms with Gasteiger partial charge in [0.05, 0.1) is 51.8 Å². The molecule has 5 rings (SSSR count). The van der Waals surface area contributed by atoms with Crippen molar-refractivity contribution in [1.29, 1.82) is 0 Å². The zero-order valence-electron chi connectivity index (χ0n) is 22.7. The molecule has 0 spiro atoms. The van der Waals surface area contributed by atoms with Gasteiger partial charge in [-0.2, -0.15) is 0 Å². The number of benzene rings is 3. The lowest BCUT2D eigenvalue weighted by atomic mass is 9.69. The van der Waals surface area contributed by atoms with E-state index in [0.29, 0.717) is 26.4 Å². The van der Waals surface area contributed by atoms with E-state index >= 15 is 0 Å². The molecule has 0 bridgehead atoms. The molecular formula is C34H38O5. The van der Waals surface area contributed by atoms with E-state index in [1.54, 1.807) is 14.2 Å². The maximum atomic E-state index is 6.71. The first-order chi connectivity index (χ1) is 19.2. The Kier molecular flexibility index (Phi) is 9.62. The van der Waals surface area contributed by atoms with Crippen molar-refractivity contribution in [1.82, 2.24) is 0 Å². The molecule has 0 fully saturated rings. The maximum absolute atomic E-state index is 6.71. The predicted octanol–water partition coefficient (Wildman–Crippen LogP) is 6.39. The van der Waals surface area contributed by atoms with Crippen molar-refractivity contribution in [3.63, 3.8) is 0 Å². The summed E-state index contributed by atoms with van der Waals surface area (Å²) >= 11 is 0. The van der Waals surface area contributed by atoms with Gasteiger partial charge in [0, 0.05) is 24.9 Å². The van der Waals surface area contributed by atoms with Crippen LogP contribution in [0.15, 0.2) is 109 Å². The topological polar surface area (TPSA) is 46.2 Å². The largest absolute Gasteiger partial charge is 0.497 e. The summed E-state index contributed by atoms with van der Waals surface area (Å²) in [4.78, 5) is 0. The number of fused-ring (bicyclic) bond motifs is 1. The van der Waals surface area contributed by atoms with Gasteiger partial charge in [-0.15, -0.1) is 0 Å². The second-order valence-corrected chi connectivity index (χ2v) is 10.2. The van der Waals surface area contributed by atoms with Crippen LogP contribution in [-0.2, 0) is 38.8 Å². The number of ether oxygens (including phenoxy) is 5. The van der Waals surface area contributed by atoms with Gasteiger partial charge in [-0.25, -0.2) is 0 Å². The van der Waals surface area contributed by atoms with Crippen LogP contribution in [0.2, 0.25) is 0 Å². The average Bonchev–Trinajstić information content (AvgIpc) is 3.00. The van der Waals surface area contributed by atoms with E-state index in [1.165, 1.54) is 0 Å². The van der Waals surface area contributed by atoms with E-state index in [9.17, 15) is 0 Å². The van der Waals surface area contributed by atoms with Crippen LogP contribution in [0.3, 0.4) is 0 Å². The minimum Gasteiger partial charge on any atom is -0.497 e. The summed E-state index contributed by atoms with van der Waals surface area (Å²) in [5.41, 5.74) is 3.41. The number of hydrogen-bond donors (Lipinski definition) is 0. The molecule has 3 aromatic carbocycles. The van der Waals surface area contributed by atoms with Gasteiger partial charge in [0.1, 0.15) is 5.75 Å². The van der Waals surface area contributed by atoms with Crippen LogP contribution in [0.5, 0.6) is 5.75 Å². The van der Waals surface area contributed by atoms with Crippen LogP contribution in [0, 0.1) is 17.8 Å². The predicted molar refractivity (Wildman–Crippen MR) is 152 cm³/mol. The van der Waals surface area contributed by atoms with Crippen molar-refractivity contribution < 1.29 is 23.7 Å². The van der Waals surface area contributed by atoms with Crippen LogP contribution in [0.4, 0.5) is 0 Å². The molecule has 0 heterocycles. The minimum absolute atomic E-state index is 0.0707. The maximum Gasteiger partial charge on any atom is 0.118 e. The molecule has 2 aliphatic carbocycles. The van der Waals surface area contributed by atoms with E-state index in [4.69, 9.17) is 23.7 Å². The van der Waals surface area contributed by atoms with Gasteiger partial charge in [0.15, 0.2) is 0 Å². The Bertz CT molecular complexity index is 1190. The first kappa shape index (κ1) is 27.4. The average molecular weight is 527 g/mol. The molecule has 0 amide bonds. The van der Waals surface area contributed by atoms with Crippen molar-refractivity contribution in [3.05, 3.63) is 126 Å². The molecule has 0 saturated carbocycles. The van der Waals surface area contributed by atoms with Crippen molar-refractivity contribution >= 4 is 0 Å². The SMILES string of the molecule is COC[C@H]1C=C[C@@H]2C(OCc3ccccc3)C=C[C@@H](OCc3ccc(OC)cc3)[C@@H]2[C@H]1OCc1ccccc1. The van der Waals surface area contributed by atoms with Crippen LogP contribution in [0.1, 0.15) is 16.7 Å². The third-order valence-electron chi connectivity index (χ3n) is 7.61. The normalized spacial score (nSPS) is 25.8. The lowest BCUT2D eigenvalue weighted by Gasteiger charge is -2.46. The molecule has 39 heavy (non-hydrogen) atoms. The molecule has 0 aliphatic heterocycles. The summed E-state index contributed by atoms with van der Waals surface area (Å²) in [7, 11) is 3.43. The lowest BCUT2D eigenvalue weighted by molar-refractivity contribution is -0.126. The fourth-order valence-corrected chi connectivity index (χ4v) is 5.58. The van der Waals surface area contributed by atoms with Crippen molar-refractivity contribution in [3.8, 4) is 5.75 Å². The van der Waals surface area contributed by atoms with Crippen LogP contribution >= 0.6 is 0 Å². The molecule has 0 radical (unpaired) electrons. The van der Waals surface area contributed by atoms with Crippen LogP contribution < -0.4 is 4.74 Å². The summed E-state index contributed by atoms with van der Waals surface area (Å²) in [6.45, 7) is 2.18. The number of rotatable bonds is 12. The van der Waals surface area contributed by atoms with Gasteiger partial charge in [-0.1, -0.05) is 97.1 Å². The fraction of sp³-hybridized carbons (Fsp3) is 0.353. The van der Waals surface area contributed by atoms with Crippen LogP contribution in [0.25, 0.3) is 0 Å². The van der Waals surface area contributed by atoms with Crippen LogP contribution in [-0.4, -0.2) is 39.1 Å². The zero-order chi connectivity index (χ0) is 26.9. The summed E-state index contributed by atoms with van der Waals surface area (Å²) in [6.07, 6.45) is 8.59. The third kappa shape index (κ3) is 7.06. The highest BCUT2D eigenvalue weighted by Crippen LogP contribution is 2.42. The van der Waals surface area contributed by atoms with Gasteiger partial charge < -0.3 is 23.7 Å². The molecule has 0 saturated heterocycles. The highest BCUT2D eigenvalue weighted by atomic mass is 16.5.